The largest absolute Gasteiger partial charge is 0.308 e. The van der Waals surface area contributed by atoms with Crippen LogP contribution in [0.25, 0.3) is 0 Å². The molecular formula is C15H16N2S. The van der Waals surface area contributed by atoms with Crippen LogP contribution in [0.15, 0.2) is 30.3 Å². The Hall–Kier alpha value is -1.63. The topological polar surface area (TPSA) is 35.8 Å². The van der Waals surface area contributed by atoms with E-state index in [1.807, 2.05) is 36.5 Å². The van der Waals surface area contributed by atoms with Crippen molar-refractivity contribution in [2.45, 2.75) is 26.9 Å². The van der Waals surface area contributed by atoms with Crippen molar-refractivity contribution in [3.05, 3.63) is 56.8 Å². The summed E-state index contributed by atoms with van der Waals surface area (Å²) in [6.07, 6.45) is 0. The molecule has 1 aromatic carbocycles. The average Bonchev–Trinajstić information content (AvgIpc) is 2.77. The van der Waals surface area contributed by atoms with E-state index in [9.17, 15) is 0 Å². The van der Waals surface area contributed by atoms with Crippen LogP contribution in [0.2, 0.25) is 0 Å². The van der Waals surface area contributed by atoms with Crippen LogP contribution in [0.4, 0.5) is 0 Å². The second kappa shape index (κ2) is 5.81. The minimum absolute atomic E-state index is 0.727. The predicted molar refractivity (Wildman–Crippen MR) is 75.5 cm³/mol. The van der Waals surface area contributed by atoms with Crippen LogP contribution < -0.4 is 5.32 Å². The van der Waals surface area contributed by atoms with Gasteiger partial charge in [-0.2, -0.15) is 5.26 Å². The first-order valence-corrected chi connectivity index (χ1v) is 6.76. The van der Waals surface area contributed by atoms with Gasteiger partial charge in [0.15, 0.2) is 0 Å². The van der Waals surface area contributed by atoms with Crippen LogP contribution in [0.1, 0.15) is 26.4 Å². The fraction of sp³-hybridized carbons (Fsp3) is 0.267. The predicted octanol–water partition coefficient (Wildman–Crippen LogP) is 3.53. The summed E-state index contributed by atoms with van der Waals surface area (Å²) in [4.78, 5) is 2.71. The molecule has 2 aromatic rings. The van der Waals surface area contributed by atoms with E-state index in [0.29, 0.717) is 0 Å². The zero-order valence-electron chi connectivity index (χ0n) is 10.7. The van der Waals surface area contributed by atoms with E-state index in [4.69, 9.17) is 5.26 Å². The Kier molecular flexibility index (Phi) is 4.14. The summed E-state index contributed by atoms with van der Waals surface area (Å²) in [5.74, 6) is 0. The lowest BCUT2D eigenvalue weighted by Gasteiger charge is -2.07. The molecule has 0 radical (unpaired) electrons. The SMILES string of the molecule is Cc1ccc(CNCc2ccc(C#N)cc2C)s1. The number of thiophene rings is 1. The van der Waals surface area contributed by atoms with Gasteiger partial charge in [0.05, 0.1) is 11.6 Å². The van der Waals surface area contributed by atoms with Gasteiger partial charge >= 0.3 is 0 Å². The van der Waals surface area contributed by atoms with Crippen molar-refractivity contribution in [2.75, 3.05) is 0 Å². The summed E-state index contributed by atoms with van der Waals surface area (Å²) >= 11 is 1.83. The van der Waals surface area contributed by atoms with Crippen molar-refractivity contribution in [1.29, 1.82) is 5.26 Å². The number of hydrogen-bond acceptors (Lipinski definition) is 3. The van der Waals surface area contributed by atoms with Gasteiger partial charge in [-0.1, -0.05) is 6.07 Å². The molecule has 0 spiro atoms. The maximum Gasteiger partial charge on any atom is 0.0991 e. The first kappa shape index (κ1) is 12.8. The van der Waals surface area contributed by atoms with E-state index in [1.165, 1.54) is 20.9 Å². The first-order valence-electron chi connectivity index (χ1n) is 5.94. The number of hydrogen-bond donors (Lipinski definition) is 1. The molecule has 2 nitrogen and oxygen atoms in total. The van der Waals surface area contributed by atoms with Crippen LogP contribution >= 0.6 is 11.3 Å². The highest BCUT2D eigenvalue weighted by Gasteiger charge is 2.01. The van der Waals surface area contributed by atoms with Gasteiger partial charge < -0.3 is 5.32 Å². The molecule has 92 valence electrons. The van der Waals surface area contributed by atoms with Gasteiger partial charge in [-0.25, -0.2) is 0 Å². The van der Waals surface area contributed by atoms with Gasteiger partial charge in [0.2, 0.25) is 0 Å². The highest BCUT2D eigenvalue weighted by atomic mass is 32.1. The molecule has 0 saturated carbocycles. The number of benzene rings is 1. The van der Waals surface area contributed by atoms with Gasteiger partial charge in [-0.05, 0) is 49.2 Å². The standard InChI is InChI=1S/C15H16N2S/c1-11-7-13(8-16)4-5-14(11)9-17-10-15-6-3-12(2)18-15/h3-7,17H,9-10H2,1-2H3. The molecule has 1 heterocycles. The van der Waals surface area contributed by atoms with E-state index in [2.05, 4.69) is 30.4 Å². The first-order chi connectivity index (χ1) is 8.69. The van der Waals surface area contributed by atoms with Crippen molar-refractivity contribution in [2.24, 2.45) is 0 Å². The minimum atomic E-state index is 0.727. The number of rotatable bonds is 4. The van der Waals surface area contributed by atoms with E-state index in [0.717, 1.165) is 18.7 Å². The van der Waals surface area contributed by atoms with Gasteiger partial charge in [0, 0.05) is 22.8 Å². The van der Waals surface area contributed by atoms with E-state index < -0.39 is 0 Å². The lowest BCUT2D eigenvalue weighted by Crippen LogP contribution is -2.12. The minimum Gasteiger partial charge on any atom is -0.308 e. The molecular weight excluding hydrogens is 240 g/mol. The lowest BCUT2D eigenvalue weighted by molar-refractivity contribution is 0.698. The number of aryl methyl sites for hydroxylation is 2. The summed E-state index contributed by atoms with van der Waals surface area (Å²) in [6.45, 7) is 5.92. The van der Waals surface area contributed by atoms with Crippen LogP contribution in [0.3, 0.4) is 0 Å². The van der Waals surface area contributed by atoms with Crippen molar-refractivity contribution >= 4 is 11.3 Å². The molecule has 0 bridgehead atoms. The lowest BCUT2D eigenvalue weighted by atomic mass is 10.1. The molecule has 0 aliphatic rings. The molecule has 0 fully saturated rings. The monoisotopic (exact) mass is 256 g/mol. The Morgan fingerprint density at radius 2 is 2.00 bits per heavy atom. The van der Waals surface area contributed by atoms with Crippen LogP contribution in [-0.2, 0) is 13.1 Å². The quantitative estimate of drug-likeness (QED) is 0.908. The van der Waals surface area contributed by atoms with Crippen molar-refractivity contribution in [1.82, 2.24) is 5.32 Å². The third kappa shape index (κ3) is 3.19. The molecule has 0 atom stereocenters. The maximum atomic E-state index is 8.82. The number of nitrogens with zero attached hydrogens (tertiary/aromatic N) is 1. The van der Waals surface area contributed by atoms with Gasteiger partial charge in [0.1, 0.15) is 0 Å². The Morgan fingerprint density at radius 3 is 2.61 bits per heavy atom. The number of nitriles is 1. The van der Waals surface area contributed by atoms with E-state index in [1.54, 1.807) is 0 Å². The van der Waals surface area contributed by atoms with Crippen molar-refractivity contribution in [3.8, 4) is 6.07 Å². The highest BCUT2D eigenvalue weighted by Crippen LogP contribution is 2.15. The smallest absolute Gasteiger partial charge is 0.0991 e. The Labute approximate surface area is 112 Å². The maximum absolute atomic E-state index is 8.82. The molecule has 0 amide bonds. The Morgan fingerprint density at radius 1 is 1.17 bits per heavy atom. The van der Waals surface area contributed by atoms with Gasteiger partial charge in [-0.15, -0.1) is 11.3 Å². The molecule has 0 aliphatic carbocycles. The van der Waals surface area contributed by atoms with Crippen molar-refractivity contribution in [3.63, 3.8) is 0 Å². The number of nitrogens with one attached hydrogen (secondary N) is 1. The van der Waals surface area contributed by atoms with E-state index in [-0.39, 0.29) is 0 Å². The molecule has 0 saturated heterocycles. The molecule has 0 aliphatic heterocycles. The van der Waals surface area contributed by atoms with Crippen molar-refractivity contribution < 1.29 is 0 Å². The summed E-state index contributed by atoms with van der Waals surface area (Å²) in [5, 5.41) is 12.3. The van der Waals surface area contributed by atoms with Crippen LogP contribution in [0.5, 0.6) is 0 Å². The molecule has 0 unspecified atom stereocenters. The Balaban J connectivity index is 1.92. The van der Waals surface area contributed by atoms with Gasteiger partial charge in [-0.3, -0.25) is 0 Å². The third-order valence-corrected chi connectivity index (χ3v) is 3.88. The zero-order chi connectivity index (χ0) is 13.0. The highest BCUT2D eigenvalue weighted by molar-refractivity contribution is 7.11. The summed E-state index contributed by atoms with van der Waals surface area (Å²) in [7, 11) is 0. The third-order valence-electron chi connectivity index (χ3n) is 2.88. The fourth-order valence-electron chi connectivity index (χ4n) is 1.86. The average molecular weight is 256 g/mol. The van der Waals surface area contributed by atoms with Gasteiger partial charge in [0.25, 0.3) is 0 Å². The van der Waals surface area contributed by atoms with E-state index >= 15 is 0 Å². The summed E-state index contributed by atoms with van der Waals surface area (Å²) in [6, 6.07) is 12.3. The molecule has 1 N–H and O–H groups in total. The van der Waals surface area contributed by atoms with Crippen LogP contribution in [0, 0.1) is 25.2 Å². The summed E-state index contributed by atoms with van der Waals surface area (Å²) in [5.41, 5.74) is 3.15. The Bertz CT molecular complexity index is 578. The zero-order valence-corrected chi connectivity index (χ0v) is 11.5. The molecule has 3 heteroatoms. The fourth-order valence-corrected chi connectivity index (χ4v) is 2.72. The second-order valence-corrected chi connectivity index (χ2v) is 5.74. The summed E-state index contributed by atoms with van der Waals surface area (Å²) < 4.78 is 0. The van der Waals surface area contributed by atoms with Crippen LogP contribution in [-0.4, -0.2) is 0 Å². The molecule has 1 aromatic heterocycles. The normalized spacial score (nSPS) is 10.3. The molecule has 18 heavy (non-hydrogen) atoms. The second-order valence-electron chi connectivity index (χ2n) is 4.37. The molecule has 2 rings (SSSR count).